The van der Waals surface area contributed by atoms with Crippen molar-refractivity contribution in [3.63, 3.8) is 0 Å². The first-order chi connectivity index (χ1) is 14.7. The number of alkyl halides is 1. The Morgan fingerprint density at radius 1 is 1.23 bits per heavy atom. The van der Waals surface area contributed by atoms with Gasteiger partial charge in [-0.1, -0.05) is 19.9 Å². The van der Waals surface area contributed by atoms with Crippen LogP contribution < -0.4 is 4.74 Å². The maximum absolute atomic E-state index is 14.5. The molecule has 2 aromatic heterocycles. The quantitative estimate of drug-likeness (QED) is 0.356. The van der Waals surface area contributed by atoms with Crippen molar-refractivity contribution in [2.24, 2.45) is 5.92 Å². The average Bonchev–Trinajstić information content (AvgIpc) is 3.00. The molecule has 6 heteroatoms. The molecule has 1 fully saturated rings. The molecule has 3 rings (SSSR count). The number of rotatable bonds is 7. The van der Waals surface area contributed by atoms with Crippen LogP contribution in [0.15, 0.2) is 43.0 Å². The zero-order valence-electron chi connectivity index (χ0n) is 18.5. The first kappa shape index (κ1) is 23.0. The standard InChI is InChI=1S/C25H30F2N2O2/c1-5-25(4,27)22-12-11-20(15-28-22)31-21-13-16(2)14-29-23(21)18-7-6-8-19(10-9-18)24(30)17(3)26/h11-15,18-19H,3,5-10H2,1-2,4H3. The van der Waals surface area contributed by atoms with Gasteiger partial charge in [0.2, 0.25) is 0 Å². The highest BCUT2D eigenvalue weighted by Gasteiger charge is 2.29. The van der Waals surface area contributed by atoms with Crippen LogP contribution in [0.25, 0.3) is 0 Å². The summed E-state index contributed by atoms with van der Waals surface area (Å²) in [7, 11) is 0. The Morgan fingerprint density at radius 2 is 2.00 bits per heavy atom. The molecule has 0 bridgehead atoms. The van der Waals surface area contributed by atoms with Gasteiger partial charge in [-0.3, -0.25) is 14.8 Å². The van der Waals surface area contributed by atoms with Gasteiger partial charge in [0.1, 0.15) is 17.2 Å². The van der Waals surface area contributed by atoms with E-state index >= 15 is 0 Å². The van der Waals surface area contributed by atoms with Gasteiger partial charge in [-0.15, -0.1) is 0 Å². The topological polar surface area (TPSA) is 52.1 Å². The fourth-order valence-electron chi connectivity index (χ4n) is 4.06. The number of hydrogen-bond acceptors (Lipinski definition) is 4. The number of halogens is 2. The lowest BCUT2D eigenvalue weighted by molar-refractivity contribution is -0.120. The Kier molecular flexibility index (Phi) is 7.19. The van der Waals surface area contributed by atoms with Crippen molar-refractivity contribution < 1.29 is 18.3 Å². The van der Waals surface area contributed by atoms with Gasteiger partial charge in [0.25, 0.3) is 0 Å². The van der Waals surface area contributed by atoms with Crippen molar-refractivity contribution in [3.05, 3.63) is 59.9 Å². The summed E-state index contributed by atoms with van der Waals surface area (Å²) in [4.78, 5) is 20.9. The van der Waals surface area contributed by atoms with Crippen molar-refractivity contribution in [1.29, 1.82) is 0 Å². The Morgan fingerprint density at radius 3 is 2.65 bits per heavy atom. The normalized spacial score (nSPS) is 21.1. The minimum Gasteiger partial charge on any atom is -0.454 e. The number of aryl methyl sites for hydroxylation is 1. The zero-order valence-corrected chi connectivity index (χ0v) is 18.5. The number of carbonyl (C=O) groups is 1. The monoisotopic (exact) mass is 428 g/mol. The second-order valence-corrected chi connectivity index (χ2v) is 8.60. The van der Waals surface area contributed by atoms with Crippen LogP contribution >= 0.6 is 0 Å². The summed E-state index contributed by atoms with van der Waals surface area (Å²) in [6.45, 7) is 8.39. The first-order valence-electron chi connectivity index (χ1n) is 10.9. The number of aromatic nitrogens is 2. The maximum Gasteiger partial charge on any atom is 0.193 e. The average molecular weight is 429 g/mol. The molecule has 0 radical (unpaired) electrons. The van der Waals surface area contributed by atoms with E-state index in [1.807, 2.05) is 13.0 Å². The number of Topliss-reactive ketones (excluding diaryl/α,β-unsaturated/α-hetero) is 1. The van der Waals surface area contributed by atoms with Crippen LogP contribution in [-0.4, -0.2) is 15.8 Å². The van der Waals surface area contributed by atoms with Crippen LogP contribution in [0.1, 0.15) is 75.2 Å². The molecule has 0 spiro atoms. The minimum absolute atomic E-state index is 0.114. The van der Waals surface area contributed by atoms with Crippen LogP contribution in [0, 0.1) is 12.8 Å². The molecule has 3 atom stereocenters. The highest BCUT2D eigenvalue weighted by atomic mass is 19.1. The first-order valence-corrected chi connectivity index (χ1v) is 10.9. The lowest BCUT2D eigenvalue weighted by atomic mass is 9.92. The summed E-state index contributed by atoms with van der Waals surface area (Å²) in [6.07, 6.45) is 7.32. The van der Waals surface area contributed by atoms with Gasteiger partial charge in [-0.05, 0) is 69.7 Å². The smallest absolute Gasteiger partial charge is 0.193 e. The van der Waals surface area contributed by atoms with E-state index in [0.717, 1.165) is 30.5 Å². The zero-order chi connectivity index (χ0) is 22.6. The molecule has 1 aliphatic carbocycles. The highest BCUT2D eigenvalue weighted by Crippen LogP contribution is 2.39. The highest BCUT2D eigenvalue weighted by molar-refractivity contribution is 5.94. The van der Waals surface area contributed by atoms with Crippen LogP contribution in [0.2, 0.25) is 0 Å². The minimum atomic E-state index is -1.48. The predicted octanol–water partition coefficient (Wildman–Crippen LogP) is 6.89. The van der Waals surface area contributed by atoms with Gasteiger partial charge in [0, 0.05) is 18.0 Å². The molecule has 3 unspecified atom stereocenters. The fourth-order valence-corrected chi connectivity index (χ4v) is 4.06. The molecule has 2 aromatic rings. The summed E-state index contributed by atoms with van der Waals surface area (Å²) in [6, 6.07) is 5.29. The third-order valence-corrected chi connectivity index (χ3v) is 6.17. The van der Waals surface area contributed by atoms with E-state index in [2.05, 4.69) is 16.5 Å². The van der Waals surface area contributed by atoms with Crippen molar-refractivity contribution >= 4 is 5.78 Å². The number of ketones is 1. The molecular weight excluding hydrogens is 398 g/mol. The molecule has 0 aromatic carbocycles. The van der Waals surface area contributed by atoms with Crippen LogP contribution in [0.5, 0.6) is 11.5 Å². The third kappa shape index (κ3) is 5.54. The number of allylic oxidation sites excluding steroid dienone is 1. The van der Waals surface area contributed by atoms with E-state index in [-0.39, 0.29) is 11.8 Å². The molecule has 0 aliphatic heterocycles. The van der Waals surface area contributed by atoms with Crippen LogP contribution in [0.4, 0.5) is 8.78 Å². The summed E-state index contributed by atoms with van der Waals surface area (Å²) in [5, 5.41) is 0. The number of hydrogen-bond donors (Lipinski definition) is 0. The molecule has 0 N–H and O–H groups in total. The van der Waals surface area contributed by atoms with Crippen molar-refractivity contribution in [1.82, 2.24) is 9.97 Å². The van der Waals surface area contributed by atoms with Gasteiger partial charge >= 0.3 is 0 Å². The van der Waals surface area contributed by atoms with E-state index in [9.17, 15) is 13.6 Å². The third-order valence-electron chi connectivity index (χ3n) is 6.17. The van der Waals surface area contributed by atoms with E-state index in [4.69, 9.17) is 4.74 Å². The number of nitrogens with zero attached hydrogens (tertiary/aromatic N) is 2. The Labute approximate surface area is 182 Å². The van der Waals surface area contributed by atoms with E-state index in [0.29, 0.717) is 36.5 Å². The molecule has 0 amide bonds. The van der Waals surface area contributed by atoms with Crippen molar-refractivity contribution in [3.8, 4) is 11.5 Å². The van der Waals surface area contributed by atoms with Gasteiger partial charge in [-0.2, -0.15) is 0 Å². The lowest BCUT2D eigenvalue weighted by Gasteiger charge is -2.20. The van der Waals surface area contributed by atoms with E-state index in [1.54, 1.807) is 25.3 Å². The molecule has 4 nitrogen and oxygen atoms in total. The molecular formula is C25H30F2N2O2. The summed E-state index contributed by atoms with van der Waals surface area (Å²) >= 11 is 0. The fraction of sp³-hybridized carbons (Fsp3) is 0.480. The van der Waals surface area contributed by atoms with Gasteiger partial charge in [0.15, 0.2) is 11.6 Å². The Hall–Kier alpha value is -2.63. The SMILES string of the molecule is C=C(F)C(=O)C1CCCC(c2ncc(C)cc2Oc2ccc(C(C)(F)CC)nc2)CC1. The predicted molar refractivity (Wildman–Crippen MR) is 117 cm³/mol. The Balaban J connectivity index is 1.80. The molecule has 1 saturated carbocycles. The molecule has 2 heterocycles. The molecule has 166 valence electrons. The number of pyridine rings is 2. The van der Waals surface area contributed by atoms with E-state index < -0.39 is 17.3 Å². The van der Waals surface area contributed by atoms with E-state index in [1.165, 1.54) is 13.1 Å². The summed E-state index contributed by atoms with van der Waals surface area (Å²) < 4.78 is 33.9. The second-order valence-electron chi connectivity index (χ2n) is 8.60. The van der Waals surface area contributed by atoms with Gasteiger partial charge in [-0.25, -0.2) is 8.78 Å². The maximum atomic E-state index is 14.5. The lowest BCUT2D eigenvalue weighted by Crippen LogP contribution is -2.15. The molecule has 0 saturated heterocycles. The van der Waals surface area contributed by atoms with Crippen molar-refractivity contribution in [2.45, 2.75) is 70.9 Å². The largest absolute Gasteiger partial charge is 0.454 e. The van der Waals surface area contributed by atoms with Crippen LogP contribution in [-0.2, 0) is 10.5 Å². The second kappa shape index (κ2) is 9.67. The molecule has 31 heavy (non-hydrogen) atoms. The Bertz CT molecular complexity index is 941. The van der Waals surface area contributed by atoms with Crippen molar-refractivity contribution in [2.75, 3.05) is 0 Å². The number of ether oxygens (including phenoxy) is 1. The van der Waals surface area contributed by atoms with Gasteiger partial charge in [0.05, 0.1) is 17.6 Å². The summed E-state index contributed by atoms with van der Waals surface area (Å²) in [5.41, 5.74) is 0.680. The van der Waals surface area contributed by atoms with Gasteiger partial charge < -0.3 is 4.74 Å². The van der Waals surface area contributed by atoms with Crippen LogP contribution in [0.3, 0.4) is 0 Å². The molecule has 1 aliphatic rings. The number of carbonyl (C=O) groups excluding carboxylic acids is 1. The summed E-state index contributed by atoms with van der Waals surface area (Å²) in [5.74, 6) is -0.390.